The van der Waals surface area contributed by atoms with Crippen LogP contribution in [0.25, 0.3) is 21.9 Å². The summed E-state index contributed by atoms with van der Waals surface area (Å²) in [6.07, 6.45) is -1.69. The van der Waals surface area contributed by atoms with E-state index in [4.69, 9.17) is 15.5 Å². The molecule has 2 heterocycles. The number of rotatable bonds is 10. The number of nitrogens with zero attached hydrogens (tertiary/aromatic N) is 3. The number of carbonyl (C=O) groups is 1. The van der Waals surface area contributed by atoms with Crippen LogP contribution in [0.15, 0.2) is 48.5 Å². The highest BCUT2D eigenvalue weighted by atomic mass is 19.4. The first-order valence-corrected chi connectivity index (χ1v) is 11.9. The number of para-hydroxylation sites is 1. The molecule has 0 bridgehead atoms. The number of hydrogen-bond donors (Lipinski definition) is 2. The fourth-order valence-corrected chi connectivity index (χ4v) is 4.10. The van der Waals surface area contributed by atoms with Crippen LogP contribution in [-0.2, 0) is 23.9 Å². The number of nitrogen functional groups attached to an aromatic ring is 1. The van der Waals surface area contributed by atoms with Crippen LogP contribution in [0, 0.1) is 0 Å². The fraction of sp³-hybridized carbons (Fsp3) is 0.346. The Labute approximate surface area is 206 Å². The van der Waals surface area contributed by atoms with Crippen molar-refractivity contribution in [2.24, 2.45) is 0 Å². The topological polar surface area (TPSA) is 95.1 Å². The molecule has 0 aliphatic rings. The van der Waals surface area contributed by atoms with E-state index in [-0.39, 0.29) is 18.7 Å². The van der Waals surface area contributed by atoms with E-state index < -0.39 is 17.6 Å². The zero-order valence-electron chi connectivity index (χ0n) is 19.9. The number of fused-ring (bicyclic) bond motifs is 3. The van der Waals surface area contributed by atoms with Gasteiger partial charge in [0.25, 0.3) is 5.91 Å². The van der Waals surface area contributed by atoms with Gasteiger partial charge in [-0.3, -0.25) is 4.79 Å². The van der Waals surface area contributed by atoms with E-state index in [0.717, 1.165) is 53.6 Å². The summed E-state index contributed by atoms with van der Waals surface area (Å²) < 4.78 is 46.5. The second-order valence-electron chi connectivity index (χ2n) is 8.44. The average molecular weight is 500 g/mol. The molecule has 2 aromatic carbocycles. The maximum Gasteiger partial charge on any atom is 0.416 e. The van der Waals surface area contributed by atoms with E-state index in [0.29, 0.717) is 24.5 Å². The maximum atomic E-state index is 12.9. The van der Waals surface area contributed by atoms with Crippen molar-refractivity contribution < 1.29 is 22.7 Å². The molecule has 0 fully saturated rings. The van der Waals surface area contributed by atoms with E-state index in [1.54, 1.807) is 0 Å². The van der Waals surface area contributed by atoms with Crippen LogP contribution in [0.5, 0.6) is 0 Å². The number of anilines is 1. The summed E-state index contributed by atoms with van der Waals surface area (Å²) in [6, 6.07) is 12.1. The molecule has 7 nitrogen and oxygen atoms in total. The first-order chi connectivity index (χ1) is 17.3. The van der Waals surface area contributed by atoms with E-state index >= 15 is 0 Å². The number of imidazole rings is 1. The van der Waals surface area contributed by atoms with Crippen LogP contribution >= 0.6 is 0 Å². The molecule has 2 aromatic heterocycles. The number of carbonyl (C=O) groups excluding carboxylic acids is 1. The molecule has 0 saturated heterocycles. The molecule has 4 rings (SSSR count). The Morgan fingerprint density at radius 3 is 2.69 bits per heavy atom. The second kappa shape index (κ2) is 10.9. The van der Waals surface area contributed by atoms with Crippen LogP contribution in [-0.4, -0.2) is 40.2 Å². The Kier molecular flexibility index (Phi) is 7.73. The summed E-state index contributed by atoms with van der Waals surface area (Å²) in [5, 5.41) is 3.56. The van der Waals surface area contributed by atoms with Gasteiger partial charge in [0, 0.05) is 30.5 Å². The molecule has 0 saturated carbocycles. The predicted octanol–water partition coefficient (Wildman–Crippen LogP) is 4.97. The van der Waals surface area contributed by atoms with Crippen molar-refractivity contribution in [3.63, 3.8) is 0 Å². The van der Waals surface area contributed by atoms with Crippen molar-refractivity contribution in [3.8, 4) is 0 Å². The molecule has 3 N–H and O–H groups in total. The lowest BCUT2D eigenvalue weighted by atomic mass is 10.1. The molecule has 0 radical (unpaired) electrons. The Balaban J connectivity index is 1.39. The lowest BCUT2D eigenvalue weighted by Crippen LogP contribution is -2.28. The smallest absolute Gasteiger partial charge is 0.382 e. The molecule has 1 amide bonds. The van der Waals surface area contributed by atoms with Gasteiger partial charge in [-0.25, -0.2) is 9.97 Å². The van der Waals surface area contributed by atoms with Crippen LogP contribution in [0.3, 0.4) is 0 Å². The molecule has 36 heavy (non-hydrogen) atoms. The first kappa shape index (κ1) is 25.4. The molecular weight excluding hydrogens is 471 g/mol. The third-order valence-electron chi connectivity index (χ3n) is 5.89. The van der Waals surface area contributed by atoms with Crippen molar-refractivity contribution in [1.82, 2.24) is 19.9 Å². The summed E-state index contributed by atoms with van der Waals surface area (Å²) >= 11 is 0. The van der Waals surface area contributed by atoms with E-state index in [9.17, 15) is 18.0 Å². The molecule has 0 aliphatic carbocycles. The Hall–Kier alpha value is -3.66. The van der Waals surface area contributed by atoms with Gasteiger partial charge in [0.1, 0.15) is 11.3 Å². The molecule has 4 aromatic rings. The zero-order valence-corrected chi connectivity index (χ0v) is 19.9. The number of aryl methyl sites for hydroxylation is 1. The summed E-state index contributed by atoms with van der Waals surface area (Å²) in [4.78, 5) is 21.5. The van der Waals surface area contributed by atoms with Crippen molar-refractivity contribution in [1.29, 1.82) is 0 Å². The van der Waals surface area contributed by atoms with Gasteiger partial charge >= 0.3 is 6.18 Å². The minimum absolute atomic E-state index is 0.0478. The normalized spacial score (nSPS) is 11.9. The molecule has 0 aliphatic heterocycles. The zero-order chi connectivity index (χ0) is 25.7. The minimum atomic E-state index is -4.50. The summed E-state index contributed by atoms with van der Waals surface area (Å²) in [5.74, 6) is 0.721. The summed E-state index contributed by atoms with van der Waals surface area (Å²) in [6.45, 7) is 3.40. The monoisotopic (exact) mass is 499 g/mol. The number of alkyl halides is 3. The van der Waals surface area contributed by atoms with E-state index in [1.165, 1.54) is 12.1 Å². The largest absolute Gasteiger partial charge is 0.416 e. The lowest BCUT2D eigenvalue weighted by Gasteiger charge is -2.12. The number of aromatic nitrogens is 3. The number of amides is 1. The highest BCUT2D eigenvalue weighted by Gasteiger charge is 2.30. The highest BCUT2D eigenvalue weighted by molar-refractivity contribution is 6.06. The first-order valence-electron chi connectivity index (χ1n) is 11.9. The van der Waals surface area contributed by atoms with Crippen LogP contribution in [0.4, 0.5) is 19.0 Å². The lowest BCUT2D eigenvalue weighted by molar-refractivity contribution is -0.137. The molecule has 0 atom stereocenters. The van der Waals surface area contributed by atoms with Gasteiger partial charge in [-0.05, 0) is 30.7 Å². The Morgan fingerprint density at radius 2 is 1.92 bits per heavy atom. The SMILES string of the molecule is CCCCc1nc2c(N)nc3ccccc3c2n1CCOCCNC(=O)c1cccc(C(F)(F)F)c1. The van der Waals surface area contributed by atoms with Gasteiger partial charge in [-0.1, -0.05) is 37.6 Å². The van der Waals surface area contributed by atoms with E-state index in [1.807, 2.05) is 24.3 Å². The van der Waals surface area contributed by atoms with Gasteiger partial charge < -0.3 is 20.4 Å². The number of benzene rings is 2. The molecule has 0 spiro atoms. The Morgan fingerprint density at radius 1 is 1.11 bits per heavy atom. The summed E-state index contributed by atoms with van der Waals surface area (Å²) in [5.41, 5.74) is 7.70. The van der Waals surface area contributed by atoms with Gasteiger partial charge in [0.05, 0.1) is 29.8 Å². The molecule has 190 valence electrons. The van der Waals surface area contributed by atoms with Crippen molar-refractivity contribution in [2.75, 3.05) is 25.5 Å². The van der Waals surface area contributed by atoms with Gasteiger partial charge in [-0.15, -0.1) is 0 Å². The molecule has 10 heteroatoms. The van der Waals surface area contributed by atoms with Gasteiger partial charge in [0.2, 0.25) is 0 Å². The number of nitrogens with one attached hydrogen (secondary N) is 1. The van der Waals surface area contributed by atoms with E-state index in [2.05, 4.69) is 21.8 Å². The highest BCUT2D eigenvalue weighted by Crippen LogP contribution is 2.30. The molecule has 0 unspecified atom stereocenters. The van der Waals surface area contributed by atoms with Crippen molar-refractivity contribution in [3.05, 3.63) is 65.5 Å². The molecular formula is C26H28F3N5O2. The third-order valence-corrected chi connectivity index (χ3v) is 5.89. The third kappa shape index (κ3) is 5.59. The summed E-state index contributed by atoms with van der Waals surface area (Å²) in [7, 11) is 0. The standard InChI is InChI=1S/C26H28F3N5O2/c1-2-3-11-21-33-22-23(19-9-4-5-10-20(19)32-24(22)30)34(21)13-15-36-14-12-31-25(35)17-7-6-8-18(16-17)26(27,28)29/h4-10,16H,2-3,11-15H2,1H3,(H2,30,32)(H,31,35). The second-order valence-corrected chi connectivity index (χ2v) is 8.44. The Bertz CT molecular complexity index is 1370. The number of unbranched alkanes of at least 4 members (excludes halogenated alkanes) is 1. The van der Waals surface area contributed by atoms with Gasteiger partial charge in [0.15, 0.2) is 5.82 Å². The van der Waals surface area contributed by atoms with Crippen molar-refractivity contribution in [2.45, 2.75) is 38.9 Å². The number of ether oxygens (including phenoxy) is 1. The van der Waals surface area contributed by atoms with Crippen LogP contribution in [0.1, 0.15) is 41.5 Å². The quantitative estimate of drug-likeness (QED) is 0.300. The minimum Gasteiger partial charge on any atom is -0.382 e. The number of nitrogens with two attached hydrogens (primary N) is 1. The number of pyridine rings is 1. The number of hydrogen-bond acceptors (Lipinski definition) is 5. The van der Waals surface area contributed by atoms with Crippen molar-refractivity contribution >= 4 is 33.7 Å². The predicted molar refractivity (Wildman–Crippen MR) is 133 cm³/mol. The van der Waals surface area contributed by atoms with Gasteiger partial charge in [-0.2, -0.15) is 13.2 Å². The van der Waals surface area contributed by atoms with Crippen LogP contribution < -0.4 is 11.1 Å². The average Bonchev–Trinajstić information content (AvgIpc) is 3.23. The van der Waals surface area contributed by atoms with Crippen LogP contribution in [0.2, 0.25) is 0 Å². The maximum absolute atomic E-state index is 12.9. The number of halogens is 3. The fourth-order valence-electron chi connectivity index (χ4n) is 4.10.